The average Bonchev–Trinajstić information content (AvgIpc) is 3.12. The first-order valence-corrected chi connectivity index (χ1v) is 7.85. The normalized spacial score (nSPS) is 15.2. The molecule has 0 aliphatic carbocycles. The lowest BCUT2D eigenvalue weighted by atomic mass is 10.3. The van der Waals surface area contributed by atoms with Crippen molar-refractivity contribution in [1.82, 2.24) is 30.0 Å². The number of H-pyrrole nitrogens is 1. The van der Waals surface area contributed by atoms with E-state index in [4.69, 9.17) is 10.6 Å². The van der Waals surface area contributed by atoms with Crippen molar-refractivity contribution in [1.29, 1.82) is 0 Å². The van der Waals surface area contributed by atoms with Crippen LogP contribution < -0.4 is 5.84 Å². The van der Waals surface area contributed by atoms with Crippen LogP contribution in [-0.2, 0) is 9.53 Å². The number of rotatable bonds is 4. The zero-order valence-corrected chi connectivity index (χ0v) is 13.0. The van der Waals surface area contributed by atoms with Crippen LogP contribution in [0.3, 0.4) is 0 Å². The number of amides is 1. The fourth-order valence-electron chi connectivity index (χ4n) is 2.11. The number of carbonyl (C=O) groups excluding carboxylic acids is 1. The van der Waals surface area contributed by atoms with Crippen molar-refractivity contribution in [3.63, 3.8) is 0 Å². The first-order chi connectivity index (χ1) is 10.6. The molecule has 0 radical (unpaired) electrons. The first kappa shape index (κ1) is 14.9. The maximum atomic E-state index is 12.1. The monoisotopic (exact) mass is 323 g/mol. The Kier molecular flexibility index (Phi) is 4.29. The molecule has 0 unspecified atom stereocenters. The lowest BCUT2D eigenvalue weighted by Gasteiger charge is -2.26. The Balaban J connectivity index is 1.63. The third-order valence-electron chi connectivity index (χ3n) is 3.29. The highest BCUT2D eigenvalue weighted by Gasteiger charge is 2.19. The van der Waals surface area contributed by atoms with Crippen LogP contribution >= 0.6 is 11.8 Å². The Morgan fingerprint density at radius 2 is 2.23 bits per heavy atom. The summed E-state index contributed by atoms with van der Waals surface area (Å²) in [5.41, 5.74) is 1.54. The number of ether oxygens (including phenoxy) is 1. The Bertz CT molecular complexity index is 662. The van der Waals surface area contributed by atoms with Gasteiger partial charge in [0.05, 0.1) is 19.0 Å². The summed E-state index contributed by atoms with van der Waals surface area (Å²) in [5.74, 6) is 6.77. The van der Waals surface area contributed by atoms with E-state index >= 15 is 0 Å². The molecular weight excluding hydrogens is 306 g/mol. The average molecular weight is 323 g/mol. The Labute approximate surface area is 131 Å². The third-order valence-corrected chi connectivity index (χ3v) is 4.22. The number of nitrogens with zero attached hydrogens (tertiary/aromatic N) is 5. The summed E-state index contributed by atoms with van der Waals surface area (Å²) in [6.07, 6.45) is 0. The first-order valence-electron chi connectivity index (χ1n) is 6.86. The van der Waals surface area contributed by atoms with E-state index in [1.807, 2.05) is 13.0 Å². The number of hydrogen-bond donors (Lipinski definition) is 2. The van der Waals surface area contributed by atoms with E-state index in [0.717, 1.165) is 5.69 Å². The zero-order valence-electron chi connectivity index (χ0n) is 12.2. The molecule has 22 heavy (non-hydrogen) atoms. The molecule has 2 aromatic rings. The van der Waals surface area contributed by atoms with Gasteiger partial charge in [0.1, 0.15) is 5.69 Å². The van der Waals surface area contributed by atoms with Crippen LogP contribution in [0.2, 0.25) is 0 Å². The van der Waals surface area contributed by atoms with Gasteiger partial charge in [-0.25, -0.2) is 4.68 Å². The van der Waals surface area contributed by atoms with Gasteiger partial charge in [-0.2, -0.15) is 5.10 Å². The topological polar surface area (TPSA) is 115 Å². The number of thioether (sulfide) groups is 1. The van der Waals surface area contributed by atoms with E-state index < -0.39 is 0 Å². The number of hydrogen-bond acceptors (Lipinski definition) is 7. The van der Waals surface area contributed by atoms with Crippen LogP contribution in [0.15, 0.2) is 11.2 Å². The summed E-state index contributed by atoms with van der Waals surface area (Å²) in [6, 6.07) is 1.83. The summed E-state index contributed by atoms with van der Waals surface area (Å²) in [5, 5.41) is 15.5. The number of aromatic nitrogens is 5. The molecule has 0 saturated carbocycles. The van der Waals surface area contributed by atoms with Gasteiger partial charge in [-0.05, 0) is 13.0 Å². The summed E-state index contributed by atoms with van der Waals surface area (Å²) in [7, 11) is 0. The SMILES string of the molecule is Cc1cc(-c2nnc(SCC(=O)N3CCOCC3)n2N)n[nH]1. The molecular formula is C12H17N7O2S. The molecule has 0 spiro atoms. The van der Waals surface area contributed by atoms with E-state index in [1.165, 1.54) is 16.4 Å². The highest BCUT2D eigenvalue weighted by atomic mass is 32.2. The van der Waals surface area contributed by atoms with Crippen LogP contribution in [0, 0.1) is 6.92 Å². The minimum absolute atomic E-state index is 0.0495. The van der Waals surface area contributed by atoms with Crippen LogP contribution in [0.5, 0.6) is 0 Å². The second kappa shape index (κ2) is 6.36. The number of nitrogens with one attached hydrogen (secondary N) is 1. The van der Waals surface area contributed by atoms with Gasteiger partial charge in [0.15, 0.2) is 0 Å². The predicted molar refractivity (Wildman–Crippen MR) is 80.6 cm³/mol. The molecule has 9 nitrogen and oxygen atoms in total. The van der Waals surface area contributed by atoms with Crippen molar-refractivity contribution in [3.05, 3.63) is 11.8 Å². The molecule has 1 amide bonds. The van der Waals surface area contributed by atoms with E-state index in [2.05, 4.69) is 20.4 Å². The molecule has 0 aromatic carbocycles. The lowest BCUT2D eigenvalue weighted by Crippen LogP contribution is -2.41. The largest absolute Gasteiger partial charge is 0.378 e. The third kappa shape index (κ3) is 3.07. The van der Waals surface area contributed by atoms with Gasteiger partial charge >= 0.3 is 0 Å². The van der Waals surface area contributed by atoms with Crippen LogP contribution in [-0.4, -0.2) is 67.9 Å². The van der Waals surface area contributed by atoms with E-state index in [1.54, 1.807) is 4.90 Å². The fraction of sp³-hybridized carbons (Fsp3) is 0.500. The summed E-state index contributed by atoms with van der Waals surface area (Å²) in [4.78, 5) is 13.9. The molecule has 10 heteroatoms. The second-order valence-corrected chi connectivity index (χ2v) is 5.84. The molecule has 118 valence electrons. The minimum Gasteiger partial charge on any atom is -0.378 e. The van der Waals surface area contributed by atoms with Gasteiger partial charge in [0.2, 0.25) is 16.9 Å². The molecule has 3 heterocycles. The van der Waals surface area contributed by atoms with E-state index in [0.29, 0.717) is 43.0 Å². The predicted octanol–water partition coefficient (Wildman–Crippen LogP) is -0.359. The Morgan fingerprint density at radius 1 is 1.45 bits per heavy atom. The van der Waals surface area contributed by atoms with Gasteiger partial charge in [-0.15, -0.1) is 10.2 Å². The molecule has 1 fully saturated rings. The lowest BCUT2D eigenvalue weighted by molar-refractivity contribution is -0.132. The molecule has 2 aromatic heterocycles. The Hall–Kier alpha value is -2.07. The van der Waals surface area contributed by atoms with Crippen molar-refractivity contribution in [2.75, 3.05) is 37.9 Å². The zero-order chi connectivity index (χ0) is 15.5. The summed E-state index contributed by atoms with van der Waals surface area (Å²) in [6.45, 7) is 4.33. The highest BCUT2D eigenvalue weighted by Crippen LogP contribution is 2.20. The van der Waals surface area contributed by atoms with Gasteiger partial charge in [-0.3, -0.25) is 9.89 Å². The van der Waals surface area contributed by atoms with Crippen molar-refractivity contribution < 1.29 is 9.53 Å². The molecule has 0 atom stereocenters. The number of morpholine rings is 1. The van der Waals surface area contributed by atoms with Crippen LogP contribution in [0.1, 0.15) is 5.69 Å². The van der Waals surface area contributed by atoms with Gasteiger partial charge in [0.25, 0.3) is 0 Å². The second-order valence-electron chi connectivity index (χ2n) is 4.89. The van der Waals surface area contributed by atoms with Crippen molar-refractivity contribution in [2.24, 2.45) is 0 Å². The number of aryl methyl sites for hydroxylation is 1. The summed E-state index contributed by atoms with van der Waals surface area (Å²) >= 11 is 1.27. The molecule has 3 N–H and O–H groups in total. The van der Waals surface area contributed by atoms with E-state index in [9.17, 15) is 4.79 Å². The van der Waals surface area contributed by atoms with Gasteiger partial charge < -0.3 is 15.5 Å². The van der Waals surface area contributed by atoms with Gasteiger partial charge in [0, 0.05) is 18.8 Å². The molecule has 1 aliphatic rings. The van der Waals surface area contributed by atoms with Crippen LogP contribution in [0.4, 0.5) is 0 Å². The Morgan fingerprint density at radius 3 is 2.91 bits per heavy atom. The molecule has 1 aliphatic heterocycles. The standard InChI is InChI=1S/C12H17N7O2S/c1-8-6-9(15-14-8)11-16-17-12(19(11)13)22-7-10(20)18-2-4-21-5-3-18/h6H,2-5,7,13H2,1H3,(H,14,15). The number of aromatic amines is 1. The smallest absolute Gasteiger partial charge is 0.233 e. The van der Waals surface area contributed by atoms with E-state index in [-0.39, 0.29) is 11.7 Å². The molecule has 3 rings (SSSR count). The van der Waals surface area contributed by atoms with Crippen LogP contribution in [0.25, 0.3) is 11.5 Å². The highest BCUT2D eigenvalue weighted by molar-refractivity contribution is 7.99. The quantitative estimate of drug-likeness (QED) is 0.583. The van der Waals surface area contributed by atoms with Crippen molar-refractivity contribution in [2.45, 2.75) is 12.1 Å². The van der Waals surface area contributed by atoms with Gasteiger partial charge in [-0.1, -0.05) is 11.8 Å². The minimum atomic E-state index is 0.0495. The number of nitrogen functional groups attached to an aromatic ring is 1. The fourth-order valence-corrected chi connectivity index (χ4v) is 2.87. The maximum absolute atomic E-state index is 12.1. The molecule has 1 saturated heterocycles. The van der Waals surface area contributed by atoms with Crippen molar-refractivity contribution >= 4 is 17.7 Å². The molecule has 0 bridgehead atoms. The number of carbonyl (C=O) groups is 1. The van der Waals surface area contributed by atoms with Crippen molar-refractivity contribution in [3.8, 4) is 11.5 Å². The summed E-state index contributed by atoms with van der Waals surface area (Å²) < 4.78 is 6.58. The number of nitrogens with two attached hydrogens (primary N) is 1. The maximum Gasteiger partial charge on any atom is 0.233 e.